The normalized spacial score (nSPS) is 18.7. The Balaban J connectivity index is 1.85. The summed E-state index contributed by atoms with van der Waals surface area (Å²) in [5.41, 5.74) is 0.581. The molecule has 0 atom stereocenters. The molecule has 0 saturated heterocycles. The van der Waals surface area contributed by atoms with E-state index in [1.165, 1.54) is 48.0 Å². The van der Waals surface area contributed by atoms with Crippen LogP contribution in [0, 0.1) is 11.3 Å². The van der Waals surface area contributed by atoms with Crippen LogP contribution < -0.4 is 5.32 Å². The number of nitrogens with one attached hydrogen (secondary N) is 1. The molecule has 1 saturated carbocycles. The van der Waals surface area contributed by atoms with Gasteiger partial charge in [0.05, 0.1) is 0 Å². The monoisotopic (exact) mass is 329 g/mol. The van der Waals surface area contributed by atoms with Gasteiger partial charge in [-0.15, -0.1) is 11.3 Å². The molecule has 18 heavy (non-hydrogen) atoms. The van der Waals surface area contributed by atoms with Gasteiger partial charge in [-0.05, 0) is 58.0 Å². The van der Waals surface area contributed by atoms with Gasteiger partial charge in [0.15, 0.2) is 0 Å². The Hall–Kier alpha value is 0.140. The van der Waals surface area contributed by atoms with Gasteiger partial charge in [0, 0.05) is 22.4 Å². The molecule has 1 aromatic rings. The predicted octanol–water partition coefficient (Wildman–Crippen LogP) is 5.21. The molecule has 0 amide bonds. The van der Waals surface area contributed by atoms with Crippen LogP contribution in [0.15, 0.2) is 15.9 Å². The summed E-state index contributed by atoms with van der Waals surface area (Å²) in [6, 6.07) is 2.14. The molecule has 0 bridgehead atoms. The molecule has 1 fully saturated rings. The maximum atomic E-state index is 3.70. The average Bonchev–Trinajstić information content (AvgIpc) is 2.89. The third-order valence-electron chi connectivity index (χ3n) is 3.98. The fraction of sp³-hybridized carbons (Fsp3) is 0.733. The summed E-state index contributed by atoms with van der Waals surface area (Å²) in [5, 5.41) is 5.85. The number of thiophene rings is 1. The first-order valence-corrected chi connectivity index (χ1v) is 8.71. The van der Waals surface area contributed by atoms with Gasteiger partial charge in [-0.1, -0.05) is 26.7 Å². The van der Waals surface area contributed by atoms with E-state index in [0.717, 1.165) is 12.5 Å². The van der Waals surface area contributed by atoms with Gasteiger partial charge >= 0.3 is 0 Å². The summed E-state index contributed by atoms with van der Waals surface area (Å²) in [7, 11) is 0. The van der Waals surface area contributed by atoms with E-state index in [1.807, 2.05) is 11.3 Å². The first kappa shape index (κ1) is 14.5. The van der Waals surface area contributed by atoms with Crippen molar-refractivity contribution in [1.29, 1.82) is 0 Å². The van der Waals surface area contributed by atoms with Gasteiger partial charge in [0.2, 0.25) is 0 Å². The van der Waals surface area contributed by atoms with Crippen molar-refractivity contribution in [3.05, 3.63) is 20.8 Å². The third kappa shape index (κ3) is 3.82. The Bertz CT molecular complexity index is 366. The smallest absolute Gasteiger partial charge is 0.0327 e. The van der Waals surface area contributed by atoms with Gasteiger partial charge in [-0.3, -0.25) is 0 Å². The first-order valence-electron chi connectivity index (χ1n) is 7.04. The molecule has 3 heteroatoms. The van der Waals surface area contributed by atoms with Crippen LogP contribution in [0.5, 0.6) is 0 Å². The van der Waals surface area contributed by atoms with E-state index in [0.29, 0.717) is 5.41 Å². The number of hydrogen-bond acceptors (Lipinski definition) is 2. The minimum absolute atomic E-state index is 0.581. The maximum absolute atomic E-state index is 3.70. The molecule has 1 nitrogen and oxygen atoms in total. The Labute approximate surface area is 123 Å². The average molecular weight is 330 g/mol. The molecular formula is C15H24BrNS. The van der Waals surface area contributed by atoms with Crippen molar-refractivity contribution in [3.8, 4) is 0 Å². The maximum Gasteiger partial charge on any atom is 0.0327 e. The van der Waals surface area contributed by atoms with Crippen molar-refractivity contribution >= 4 is 27.3 Å². The predicted molar refractivity (Wildman–Crippen MR) is 84.1 cm³/mol. The van der Waals surface area contributed by atoms with Crippen LogP contribution in [0.2, 0.25) is 0 Å². The molecule has 1 aromatic heterocycles. The Morgan fingerprint density at radius 2 is 2.11 bits per heavy atom. The molecule has 1 aliphatic rings. The van der Waals surface area contributed by atoms with Crippen LogP contribution in [0.3, 0.4) is 0 Å². The molecule has 0 aliphatic heterocycles. The van der Waals surface area contributed by atoms with Crippen molar-refractivity contribution < 1.29 is 0 Å². The summed E-state index contributed by atoms with van der Waals surface area (Å²) in [6.07, 6.45) is 7.08. The SMILES string of the molecule is CC(C)CC1(CNCc2sccc2Br)CCCC1. The van der Waals surface area contributed by atoms with Crippen molar-refractivity contribution in [2.75, 3.05) is 6.54 Å². The van der Waals surface area contributed by atoms with Crippen LogP contribution in [-0.2, 0) is 6.54 Å². The molecule has 2 rings (SSSR count). The summed E-state index contributed by atoms with van der Waals surface area (Å²) in [5.74, 6) is 0.818. The number of rotatable bonds is 6. The molecule has 0 unspecified atom stereocenters. The van der Waals surface area contributed by atoms with Crippen molar-refractivity contribution in [3.63, 3.8) is 0 Å². The van der Waals surface area contributed by atoms with E-state index in [9.17, 15) is 0 Å². The van der Waals surface area contributed by atoms with Crippen molar-refractivity contribution in [2.24, 2.45) is 11.3 Å². The Morgan fingerprint density at radius 3 is 2.67 bits per heavy atom. The van der Waals surface area contributed by atoms with Crippen LogP contribution in [-0.4, -0.2) is 6.54 Å². The zero-order valence-corrected chi connectivity index (χ0v) is 13.9. The van der Waals surface area contributed by atoms with E-state index in [-0.39, 0.29) is 0 Å². The lowest BCUT2D eigenvalue weighted by Gasteiger charge is -2.31. The van der Waals surface area contributed by atoms with Crippen LogP contribution in [0.25, 0.3) is 0 Å². The highest BCUT2D eigenvalue weighted by Gasteiger charge is 2.33. The van der Waals surface area contributed by atoms with E-state index < -0.39 is 0 Å². The van der Waals surface area contributed by atoms with Gasteiger partial charge in [0.1, 0.15) is 0 Å². The van der Waals surface area contributed by atoms with Gasteiger partial charge in [-0.2, -0.15) is 0 Å². The number of hydrogen-bond donors (Lipinski definition) is 1. The molecular weight excluding hydrogens is 306 g/mol. The second-order valence-corrected chi connectivity index (χ2v) is 7.96. The van der Waals surface area contributed by atoms with Crippen molar-refractivity contribution in [1.82, 2.24) is 5.32 Å². The second-order valence-electron chi connectivity index (χ2n) is 6.10. The van der Waals surface area contributed by atoms with Crippen LogP contribution >= 0.6 is 27.3 Å². The van der Waals surface area contributed by atoms with E-state index >= 15 is 0 Å². The van der Waals surface area contributed by atoms with Gasteiger partial charge in [-0.25, -0.2) is 0 Å². The van der Waals surface area contributed by atoms with Crippen molar-refractivity contribution in [2.45, 2.75) is 52.5 Å². The standard InChI is InChI=1S/C15H24BrNS/c1-12(2)9-15(6-3-4-7-15)11-17-10-14-13(16)5-8-18-14/h5,8,12,17H,3-4,6-7,9-11H2,1-2H3. The minimum atomic E-state index is 0.581. The van der Waals surface area contributed by atoms with Gasteiger partial charge < -0.3 is 5.32 Å². The molecule has 0 aromatic carbocycles. The Kier molecular flexibility index (Phi) is 5.28. The minimum Gasteiger partial charge on any atom is -0.311 e. The summed E-state index contributed by atoms with van der Waals surface area (Å²) >= 11 is 5.44. The number of halogens is 1. The molecule has 1 N–H and O–H groups in total. The second kappa shape index (κ2) is 6.53. The lowest BCUT2D eigenvalue weighted by molar-refractivity contribution is 0.223. The molecule has 102 valence electrons. The van der Waals surface area contributed by atoms with E-state index in [4.69, 9.17) is 0 Å². The zero-order chi connectivity index (χ0) is 13.0. The highest BCUT2D eigenvalue weighted by molar-refractivity contribution is 9.10. The topological polar surface area (TPSA) is 12.0 Å². The molecule has 0 radical (unpaired) electrons. The lowest BCUT2D eigenvalue weighted by atomic mass is 9.78. The summed E-state index contributed by atoms with van der Waals surface area (Å²) < 4.78 is 1.25. The third-order valence-corrected chi connectivity index (χ3v) is 5.91. The zero-order valence-electron chi connectivity index (χ0n) is 11.5. The van der Waals surface area contributed by atoms with Crippen LogP contribution in [0.1, 0.15) is 50.8 Å². The Morgan fingerprint density at radius 1 is 1.39 bits per heavy atom. The lowest BCUT2D eigenvalue weighted by Crippen LogP contribution is -2.33. The van der Waals surface area contributed by atoms with Crippen LogP contribution in [0.4, 0.5) is 0 Å². The van der Waals surface area contributed by atoms with E-state index in [2.05, 4.69) is 46.5 Å². The highest BCUT2D eigenvalue weighted by Crippen LogP contribution is 2.42. The summed E-state index contributed by atoms with van der Waals surface area (Å²) in [6.45, 7) is 6.92. The quantitative estimate of drug-likeness (QED) is 0.755. The van der Waals surface area contributed by atoms with E-state index in [1.54, 1.807) is 0 Å². The van der Waals surface area contributed by atoms with Gasteiger partial charge in [0.25, 0.3) is 0 Å². The first-order chi connectivity index (χ1) is 8.61. The molecule has 1 heterocycles. The fourth-order valence-corrected chi connectivity index (χ4v) is 4.80. The molecule has 0 spiro atoms. The summed E-state index contributed by atoms with van der Waals surface area (Å²) in [4.78, 5) is 1.42. The fourth-order valence-electron chi connectivity index (χ4n) is 3.34. The molecule has 1 aliphatic carbocycles. The largest absolute Gasteiger partial charge is 0.311 e. The highest BCUT2D eigenvalue weighted by atomic mass is 79.9.